The van der Waals surface area contributed by atoms with Crippen LogP contribution in [0.1, 0.15) is 47.3 Å². The number of fused-ring (bicyclic) bond motifs is 1. The van der Waals surface area contributed by atoms with E-state index in [1.54, 1.807) is 19.1 Å². The molecule has 0 saturated carbocycles. The van der Waals surface area contributed by atoms with Crippen LogP contribution in [0.25, 0.3) is 0 Å². The van der Waals surface area contributed by atoms with Gasteiger partial charge in [-0.3, -0.25) is 0 Å². The van der Waals surface area contributed by atoms with Gasteiger partial charge in [0.25, 0.3) is 0 Å². The number of carbonyl (C=O) groups excluding carboxylic acids is 1. The van der Waals surface area contributed by atoms with Crippen molar-refractivity contribution in [2.75, 3.05) is 11.9 Å². The van der Waals surface area contributed by atoms with Crippen LogP contribution in [0.2, 0.25) is 0 Å². The summed E-state index contributed by atoms with van der Waals surface area (Å²) in [4.78, 5) is 11.8. The zero-order valence-corrected chi connectivity index (χ0v) is 15.1. The van der Waals surface area contributed by atoms with Crippen LogP contribution >= 0.6 is 12.2 Å². The zero-order chi connectivity index (χ0) is 17.6. The van der Waals surface area contributed by atoms with Crippen molar-refractivity contribution >= 4 is 29.0 Å². The number of hydrogen-bond acceptors (Lipinski definition) is 3. The van der Waals surface area contributed by atoms with Crippen molar-refractivity contribution in [1.82, 2.24) is 5.32 Å². The first-order chi connectivity index (χ1) is 12.2. The molecule has 3 rings (SSSR count). The molecule has 130 valence electrons. The minimum Gasteiger partial charge on any atom is -0.462 e. The van der Waals surface area contributed by atoms with Crippen molar-refractivity contribution in [3.05, 3.63) is 65.2 Å². The van der Waals surface area contributed by atoms with Gasteiger partial charge in [0.15, 0.2) is 5.11 Å². The van der Waals surface area contributed by atoms with Gasteiger partial charge in [-0.1, -0.05) is 30.3 Å². The fraction of sp³-hybridized carbons (Fsp3) is 0.300. The Bertz CT molecular complexity index is 776. The highest BCUT2D eigenvalue weighted by Crippen LogP contribution is 2.29. The van der Waals surface area contributed by atoms with Crippen molar-refractivity contribution in [2.24, 2.45) is 0 Å². The number of benzene rings is 2. The molecule has 1 atom stereocenters. The smallest absolute Gasteiger partial charge is 0.338 e. The molecule has 25 heavy (non-hydrogen) atoms. The van der Waals surface area contributed by atoms with E-state index in [0.717, 1.165) is 24.9 Å². The monoisotopic (exact) mass is 354 g/mol. The van der Waals surface area contributed by atoms with E-state index in [-0.39, 0.29) is 12.0 Å². The van der Waals surface area contributed by atoms with Crippen LogP contribution in [0.15, 0.2) is 48.5 Å². The Labute approximate surface area is 153 Å². The predicted octanol–water partition coefficient (Wildman–Crippen LogP) is 4.23. The number of hydrogen-bond donors (Lipinski definition) is 2. The summed E-state index contributed by atoms with van der Waals surface area (Å²) in [6.45, 7) is 2.15. The Morgan fingerprint density at radius 3 is 2.92 bits per heavy atom. The molecular weight excluding hydrogens is 332 g/mol. The Balaban J connectivity index is 1.66. The number of anilines is 1. The highest BCUT2D eigenvalue weighted by atomic mass is 32.1. The maximum absolute atomic E-state index is 11.8. The molecule has 0 bridgehead atoms. The summed E-state index contributed by atoms with van der Waals surface area (Å²) in [5.74, 6) is -0.328. The van der Waals surface area contributed by atoms with Crippen LogP contribution in [0.5, 0.6) is 0 Å². The third-order valence-electron chi connectivity index (χ3n) is 4.31. The molecule has 0 aliphatic heterocycles. The molecule has 4 nitrogen and oxygen atoms in total. The number of nitrogens with one attached hydrogen (secondary N) is 2. The number of rotatable bonds is 4. The highest BCUT2D eigenvalue weighted by molar-refractivity contribution is 7.80. The average Bonchev–Trinajstić information content (AvgIpc) is 2.62. The average molecular weight is 354 g/mol. The van der Waals surface area contributed by atoms with Crippen LogP contribution in [0.4, 0.5) is 5.69 Å². The molecule has 2 N–H and O–H groups in total. The SMILES string of the molecule is CCOC(=O)c1cccc(NC(=S)NC2CCCc3ccccc32)c1. The number of carbonyl (C=O) groups is 1. The summed E-state index contributed by atoms with van der Waals surface area (Å²) >= 11 is 5.47. The Morgan fingerprint density at radius 1 is 1.24 bits per heavy atom. The Kier molecular flexibility index (Phi) is 5.66. The highest BCUT2D eigenvalue weighted by Gasteiger charge is 2.20. The standard InChI is InChI=1S/C20H22N2O2S/c1-2-24-19(23)15-9-5-10-16(13-15)21-20(25)22-18-12-6-8-14-7-3-4-11-17(14)18/h3-5,7,9-11,13,18H,2,6,8,12H2,1H3,(H2,21,22,25). The van der Waals surface area contributed by atoms with Crippen LogP contribution in [-0.4, -0.2) is 17.7 Å². The third kappa shape index (κ3) is 4.37. The van der Waals surface area contributed by atoms with Gasteiger partial charge >= 0.3 is 5.97 Å². The van der Waals surface area contributed by atoms with E-state index in [2.05, 4.69) is 34.9 Å². The van der Waals surface area contributed by atoms with Gasteiger partial charge in [-0.2, -0.15) is 0 Å². The van der Waals surface area contributed by atoms with E-state index in [4.69, 9.17) is 17.0 Å². The lowest BCUT2D eigenvalue weighted by Crippen LogP contribution is -2.34. The number of esters is 1. The first-order valence-corrected chi connectivity index (χ1v) is 9.00. The minimum atomic E-state index is -0.328. The summed E-state index contributed by atoms with van der Waals surface area (Å²) < 4.78 is 5.03. The fourth-order valence-corrected chi connectivity index (χ4v) is 3.43. The van der Waals surface area contributed by atoms with E-state index in [1.807, 2.05) is 12.1 Å². The van der Waals surface area contributed by atoms with Gasteiger partial charge in [-0.15, -0.1) is 0 Å². The lowest BCUT2D eigenvalue weighted by atomic mass is 9.88. The minimum absolute atomic E-state index is 0.221. The zero-order valence-electron chi connectivity index (χ0n) is 14.2. The largest absolute Gasteiger partial charge is 0.462 e. The quantitative estimate of drug-likeness (QED) is 0.636. The Hall–Kier alpha value is -2.40. The molecule has 0 fully saturated rings. The van der Waals surface area contributed by atoms with Crippen molar-refractivity contribution in [1.29, 1.82) is 0 Å². The first-order valence-electron chi connectivity index (χ1n) is 8.60. The van der Waals surface area contributed by atoms with Crippen molar-refractivity contribution < 1.29 is 9.53 Å². The molecule has 1 aliphatic carbocycles. The summed E-state index contributed by atoms with van der Waals surface area (Å²) in [6, 6.07) is 15.9. The van der Waals surface area contributed by atoms with Crippen LogP contribution in [0.3, 0.4) is 0 Å². The molecule has 1 aliphatic rings. The van der Waals surface area contributed by atoms with Gasteiger partial charge < -0.3 is 15.4 Å². The van der Waals surface area contributed by atoms with Gasteiger partial charge in [0, 0.05) is 5.69 Å². The van der Waals surface area contributed by atoms with Crippen molar-refractivity contribution in [2.45, 2.75) is 32.2 Å². The maximum Gasteiger partial charge on any atom is 0.338 e. The van der Waals surface area contributed by atoms with Gasteiger partial charge in [0.2, 0.25) is 0 Å². The molecule has 0 amide bonds. The molecule has 2 aromatic rings. The van der Waals surface area contributed by atoms with E-state index >= 15 is 0 Å². The number of thiocarbonyl (C=S) groups is 1. The third-order valence-corrected chi connectivity index (χ3v) is 4.53. The summed E-state index contributed by atoms with van der Waals surface area (Å²) in [5.41, 5.74) is 3.99. The Morgan fingerprint density at radius 2 is 2.08 bits per heavy atom. The molecule has 0 heterocycles. The fourth-order valence-electron chi connectivity index (χ4n) is 3.17. The molecule has 0 aromatic heterocycles. The summed E-state index contributed by atoms with van der Waals surface area (Å²) in [7, 11) is 0. The first kappa shape index (κ1) is 17.4. The van der Waals surface area contributed by atoms with Crippen LogP contribution in [-0.2, 0) is 11.2 Å². The van der Waals surface area contributed by atoms with Gasteiger partial charge in [-0.25, -0.2) is 4.79 Å². The topological polar surface area (TPSA) is 50.4 Å². The lowest BCUT2D eigenvalue weighted by molar-refractivity contribution is 0.0526. The molecule has 0 saturated heterocycles. The van der Waals surface area contributed by atoms with Crippen molar-refractivity contribution in [3.63, 3.8) is 0 Å². The molecule has 1 unspecified atom stereocenters. The number of ether oxygens (including phenoxy) is 1. The van der Waals surface area contributed by atoms with E-state index in [0.29, 0.717) is 17.3 Å². The molecule has 0 radical (unpaired) electrons. The maximum atomic E-state index is 11.8. The molecular formula is C20H22N2O2S. The van der Waals surface area contributed by atoms with E-state index in [9.17, 15) is 4.79 Å². The van der Waals surface area contributed by atoms with Gasteiger partial charge in [0.05, 0.1) is 18.2 Å². The molecule has 5 heteroatoms. The van der Waals surface area contributed by atoms with Crippen LogP contribution < -0.4 is 10.6 Å². The summed E-state index contributed by atoms with van der Waals surface area (Å²) in [5, 5.41) is 7.13. The predicted molar refractivity (Wildman–Crippen MR) is 104 cm³/mol. The van der Waals surface area contributed by atoms with Crippen LogP contribution in [0, 0.1) is 0 Å². The summed E-state index contributed by atoms with van der Waals surface area (Å²) in [6.07, 6.45) is 3.33. The molecule has 0 spiro atoms. The van der Waals surface area contributed by atoms with E-state index in [1.165, 1.54) is 11.1 Å². The second-order valence-corrected chi connectivity index (χ2v) is 6.45. The van der Waals surface area contributed by atoms with Crippen molar-refractivity contribution in [3.8, 4) is 0 Å². The number of aryl methyl sites for hydroxylation is 1. The normalized spacial score (nSPS) is 15.8. The lowest BCUT2D eigenvalue weighted by Gasteiger charge is -2.27. The molecule has 2 aromatic carbocycles. The van der Waals surface area contributed by atoms with Gasteiger partial charge in [0.1, 0.15) is 0 Å². The van der Waals surface area contributed by atoms with E-state index < -0.39 is 0 Å². The second-order valence-electron chi connectivity index (χ2n) is 6.04. The second kappa shape index (κ2) is 8.12. The van der Waals surface area contributed by atoms with Gasteiger partial charge in [-0.05, 0) is 67.7 Å².